The molecule has 0 aliphatic rings. The Kier molecular flexibility index (Phi) is 4.31. The van der Waals surface area contributed by atoms with Gasteiger partial charge in [-0.2, -0.15) is 0 Å². The highest BCUT2D eigenvalue weighted by molar-refractivity contribution is 6.11. The molecule has 1 amide bonds. The summed E-state index contributed by atoms with van der Waals surface area (Å²) in [6.07, 6.45) is 0. The Morgan fingerprint density at radius 1 is 0.950 bits per heavy atom. The fraction of sp³-hybridized carbons (Fsp3) is 0.176. The van der Waals surface area contributed by atoms with Crippen LogP contribution in [0, 0.1) is 6.92 Å². The van der Waals surface area contributed by atoms with Crippen molar-refractivity contribution in [3.8, 4) is 0 Å². The van der Waals surface area contributed by atoms with Crippen molar-refractivity contribution in [2.24, 2.45) is 0 Å². The van der Waals surface area contributed by atoms with Crippen LogP contribution in [0.4, 0.5) is 5.69 Å². The smallest absolute Gasteiger partial charge is 0.239 e. The standard InChI is InChI=1S/C17H17NO2/c1-12-8-10-14(11-9-12)16(13(2)19)17(20)18-15-6-4-3-5-7-15/h3-11,16H,1-2H3,(H,18,20). The third-order valence-corrected chi connectivity index (χ3v) is 3.12. The molecule has 3 nitrogen and oxygen atoms in total. The summed E-state index contributed by atoms with van der Waals surface area (Å²) in [5.41, 5.74) is 2.51. The van der Waals surface area contributed by atoms with E-state index >= 15 is 0 Å². The number of amides is 1. The highest BCUT2D eigenvalue weighted by atomic mass is 16.2. The first-order chi connectivity index (χ1) is 9.58. The van der Waals surface area contributed by atoms with Crippen LogP contribution in [0.3, 0.4) is 0 Å². The molecule has 1 N–H and O–H groups in total. The maximum absolute atomic E-state index is 12.3. The van der Waals surface area contributed by atoms with Gasteiger partial charge in [0.1, 0.15) is 11.7 Å². The highest BCUT2D eigenvalue weighted by Crippen LogP contribution is 2.20. The van der Waals surface area contributed by atoms with Crippen molar-refractivity contribution in [3.05, 3.63) is 65.7 Å². The third kappa shape index (κ3) is 3.32. The van der Waals surface area contributed by atoms with E-state index in [0.29, 0.717) is 5.69 Å². The average molecular weight is 267 g/mol. The van der Waals surface area contributed by atoms with Crippen LogP contribution in [-0.4, -0.2) is 11.7 Å². The Morgan fingerprint density at radius 3 is 2.10 bits per heavy atom. The maximum atomic E-state index is 12.3. The molecule has 0 aromatic heterocycles. The van der Waals surface area contributed by atoms with Crippen LogP contribution in [0.5, 0.6) is 0 Å². The zero-order valence-corrected chi connectivity index (χ0v) is 11.6. The number of carbonyl (C=O) groups is 2. The molecule has 0 bridgehead atoms. The molecule has 2 aromatic carbocycles. The zero-order valence-electron chi connectivity index (χ0n) is 11.6. The molecule has 2 aromatic rings. The molecule has 0 fully saturated rings. The summed E-state index contributed by atoms with van der Waals surface area (Å²) >= 11 is 0. The van der Waals surface area contributed by atoms with Gasteiger partial charge in [-0.3, -0.25) is 9.59 Å². The number of para-hydroxylation sites is 1. The van der Waals surface area contributed by atoms with Gasteiger partial charge < -0.3 is 5.32 Å². The van der Waals surface area contributed by atoms with Gasteiger partial charge in [0.25, 0.3) is 0 Å². The van der Waals surface area contributed by atoms with Gasteiger partial charge in [0, 0.05) is 5.69 Å². The number of nitrogens with one attached hydrogen (secondary N) is 1. The van der Waals surface area contributed by atoms with Crippen LogP contribution in [-0.2, 0) is 9.59 Å². The van der Waals surface area contributed by atoms with Crippen LogP contribution >= 0.6 is 0 Å². The van der Waals surface area contributed by atoms with Gasteiger partial charge >= 0.3 is 0 Å². The van der Waals surface area contributed by atoms with Crippen LogP contribution in [0.1, 0.15) is 24.0 Å². The van der Waals surface area contributed by atoms with Crippen LogP contribution in [0.25, 0.3) is 0 Å². The predicted octanol–water partition coefficient (Wildman–Crippen LogP) is 3.31. The topological polar surface area (TPSA) is 46.2 Å². The van der Waals surface area contributed by atoms with Gasteiger partial charge in [-0.05, 0) is 31.5 Å². The van der Waals surface area contributed by atoms with Gasteiger partial charge in [-0.15, -0.1) is 0 Å². The van der Waals surface area contributed by atoms with E-state index in [1.54, 1.807) is 12.1 Å². The number of carbonyl (C=O) groups excluding carboxylic acids is 2. The first-order valence-electron chi connectivity index (χ1n) is 6.51. The Labute approximate surface area is 118 Å². The van der Waals surface area contributed by atoms with Crippen LogP contribution in [0.15, 0.2) is 54.6 Å². The Morgan fingerprint density at radius 2 is 1.55 bits per heavy atom. The van der Waals surface area contributed by atoms with E-state index in [0.717, 1.165) is 11.1 Å². The first-order valence-corrected chi connectivity index (χ1v) is 6.51. The van der Waals surface area contributed by atoms with E-state index in [1.807, 2.05) is 49.4 Å². The van der Waals surface area contributed by atoms with Crippen molar-refractivity contribution < 1.29 is 9.59 Å². The normalized spacial score (nSPS) is 11.7. The number of ketones is 1. The van der Waals surface area contributed by atoms with Gasteiger partial charge in [0.05, 0.1) is 0 Å². The summed E-state index contributed by atoms with van der Waals surface area (Å²) in [5, 5.41) is 2.78. The second kappa shape index (κ2) is 6.15. The van der Waals surface area contributed by atoms with Crippen LogP contribution < -0.4 is 5.32 Å². The summed E-state index contributed by atoms with van der Waals surface area (Å²) in [6, 6.07) is 16.6. The fourth-order valence-corrected chi connectivity index (χ4v) is 2.07. The number of rotatable bonds is 4. The van der Waals surface area contributed by atoms with Crippen molar-refractivity contribution in [1.82, 2.24) is 0 Å². The quantitative estimate of drug-likeness (QED) is 0.864. The lowest BCUT2D eigenvalue weighted by Gasteiger charge is -2.14. The molecule has 1 unspecified atom stereocenters. The van der Waals surface area contributed by atoms with Gasteiger partial charge in [0.2, 0.25) is 5.91 Å². The Balaban J connectivity index is 2.23. The van der Waals surface area contributed by atoms with Gasteiger partial charge in [0.15, 0.2) is 0 Å². The summed E-state index contributed by atoms with van der Waals surface area (Å²) in [4.78, 5) is 24.1. The van der Waals surface area contributed by atoms with Crippen molar-refractivity contribution in [3.63, 3.8) is 0 Å². The summed E-state index contributed by atoms with van der Waals surface area (Å²) in [6.45, 7) is 3.41. The summed E-state index contributed by atoms with van der Waals surface area (Å²) in [7, 11) is 0. The molecule has 2 rings (SSSR count). The second-order valence-electron chi connectivity index (χ2n) is 4.81. The molecule has 0 saturated heterocycles. The molecule has 0 saturated carbocycles. The molecule has 0 aliphatic heterocycles. The predicted molar refractivity (Wildman–Crippen MR) is 79.7 cm³/mol. The van der Waals surface area contributed by atoms with Crippen molar-refractivity contribution in [1.29, 1.82) is 0 Å². The summed E-state index contributed by atoms with van der Waals surface area (Å²) in [5.74, 6) is -1.23. The molecule has 1 atom stereocenters. The van der Waals surface area contributed by atoms with E-state index in [-0.39, 0.29) is 11.7 Å². The molecule has 0 radical (unpaired) electrons. The molecular weight excluding hydrogens is 250 g/mol. The van der Waals surface area contributed by atoms with E-state index in [2.05, 4.69) is 5.32 Å². The highest BCUT2D eigenvalue weighted by Gasteiger charge is 2.25. The minimum Gasteiger partial charge on any atom is -0.325 e. The molecule has 102 valence electrons. The lowest BCUT2D eigenvalue weighted by atomic mass is 9.93. The monoisotopic (exact) mass is 267 g/mol. The minimum atomic E-state index is -0.768. The molecule has 0 heterocycles. The molecule has 3 heteroatoms. The van der Waals surface area contributed by atoms with E-state index in [9.17, 15) is 9.59 Å². The first kappa shape index (κ1) is 14.0. The molecule has 0 spiro atoms. The number of Topliss-reactive ketones (excluding diaryl/α,β-unsaturated/α-hetero) is 1. The van der Waals surface area contributed by atoms with E-state index in [4.69, 9.17) is 0 Å². The number of anilines is 1. The zero-order chi connectivity index (χ0) is 14.5. The lowest BCUT2D eigenvalue weighted by Crippen LogP contribution is -2.26. The number of benzene rings is 2. The van der Waals surface area contributed by atoms with E-state index in [1.165, 1.54) is 6.92 Å². The number of hydrogen-bond donors (Lipinski definition) is 1. The largest absolute Gasteiger partial charge is 0.325 e. The average Bonchev–Trinajstić information content (AvgIpc) is 2.42. The molecule has 20 heavy (non-hydrogen) atoms. The number of hydrogen-bond acceptors (Lipinski definition) is 2. The van der Waals surface area contributed by atoms with Crippen molar-refractivity contribution in [2.45, 2.75) is 19.8 Å². The third-order valence-electron chi connectivity index (χ3n) is 3.12. The minimum absolute atomic E-state index is 0.165. The Hall–Kier alpha value is -2.42. The van der Waals surface area contributed by atoms with Crippen LogP contribution in [0.2, 0.25) is 0 Å². The van der Waals surface area contributed by atoms with Crippen molar-refractivity contribution >= 4 is 17.4 Å². The van der Waals surface area contributed by atoms with E-state index < -0.39 is 5.92 Å². The SMILES string of the molecule is CC(=O)C(C(=O)Nc1ccccc1)c1ccc(C)cc1. The Bertz CT molecular complexity index is 603. The molecule has 0 aliphatic carbocycles. The number of aryl methyl sites for hydroxylation is 1. The summed E-state index contributed by atoms with van der Waals surface area (Å²) < 4.78 is 0. The fourth-order valence-electron chi connectivity index (χ4n) is 2.07. The van der Waals surface area contributed by atoms with Gasteiger partial charge in [-0.25, -0.2) is 0 Å². The second-order valence-corrected chi connectivity index (χ2v) is 4.81. The van der Waals surface area contributed by atoms with Crippen molar-refractivity contribution in [2.75, 3.05) is 5.32 Å². The van der Waals surface area contributed by atoms with Gasteiger partial charge in [-0.1, -0.05) is 48.0 Å². The molecular formula is C17H17NO2. The lowest BCUT2D eigenvalue weighted by molar-refractivity contribution is -0.126. The maximum Gasteiger partial charge on any atom is 0.239 e.